The first-order valence-electron chi connectivity index (χ1n) is 8.47. The molecule has 0 spiro atoms. The normalized spacial score (nSPS) is 11.4. The van der Waals surface area contributed by atoms with Crippen LogP contribution in [0.2, 0.25) is 0 Å². The fourth-order valence-corrected chi connectivity index (χ4v) is 2.54. The van der Waals surface area contributed by atoms with Gasteiger partial charge in [-0.1, -0.05) is 52.0 Å². The molecule has 0 aliphatic heterocycles. The first kappa shape index (κ1) is 18.7. The van der Waals surface area contributed by atoms with Crippen LogP contribution in [0.4, 0.5) is 5.95 Å². The second-order valence-corrected chi connectivity index (χ2v) is 7.16. The zero-order valence-corrected chi connectivity index (χ0v) is 15.3. The van der Waals surface area contributed by atoms with Gasteiger partial charge in [0.25, 0.3) is 5.91 Å². The third kappa shape index (κ3) is 4.68. The Morgan fingerprint density at radius 3 is 2.36 bits per heavy atom. The minimum atomic E-state index is -0.574. The van der Waals surface area contributed by atoms with Crippen LogP contribution in [0, 0.1) is 0 Å². The van der Waals surface area contributed by atoms with Gasteiger partial charge < -0.3 is 10.3 Å². The van der Waals surface area contributed by atoms with Gasteiger partial charge >= 0.3 is 0 Å². The lowest BCUT2D eigenvalue weighted by Crippen LogP contribution is -2.21. The maximum Gasteiger partial charge on any atom is 0.267 e. The molecular formula is C19H26N4O2. The lowest BCUT2D eigenvalue weighted by atomic mass is 9.87. The number of anilines is 1. The van der Waals surface area contributed by atoms with Gasteiger partial charge in [0, 0.05) is 6.42 Å². The molecule has 25 heavy (non-hydrogen) atoms. The van der Waals surface area contributed by atoms with Crippen molar-refractivity contribution in [2.24, 2.45) is 5.73 Å². The van der Waals surface area contributed by atoms with Gasteiger partial charge in [0.05, 0.1) is 12.7 Å². The molecule has 2 aromatic rings. The number of aromatic nitrogens is 2. The minimum absolute atomic E-state index is 0.0746. The van der Waals surface area contributed by atoms with E-state index in [0.29, 0.717) is 18.9 Å². The van der Waals surface area contributed by atoms with Crippen molar-refractivity contribution >= 4 is 17.8 Å². The summed E-state index contributed by atoms with van der Waals surface area (Å²) in [5.74, 6) is -0.365. The number of nitrogens with one attached hydrogen (secondary N) is 1. The largest absolute Gasteiger partial charge is 0.364 e. The number of imidazole rings is 1. The van der Waals surface area contributed by atoms with Gasteiger partial charge in [0.2, 0.25) is 11.9 Å². The summed E-state index contributed by atoms with van der Waals surface area (Å²) in [6.07, 6.45) is 2.54. The highest BCUT2D eigenvalue weighted by molar-refractivity contribution is 5.93. The van der Waals surface area contributed by atoms with Crippen molar-refractivity contribution < 1.29 is 9.59 Å². The summed E-state index contributed by atoms with van der Waals surface area (Å²) in [7, 11) is 0. The molecule has 3 N–H and O–H groups in total. The van der Waals surface area contributed by atoms with Crippen molar-refractivity contribution in [1.29, 1.82) is 0 Å². The Kier molecular flexibility index (Phi) is 5.62. The van der Waals surface area contributed by atoms with Crippen molar-refractivity contribution in [2.75, 3.05) is 5.32 Å². The fourth-order valence-electron chi connectivity index (χ4n) is 2.54. The maximum absolute atomic E-state index is 11.9. The molecule has 0 radical (unpaired) electrons. The van der Waals surface area contributed by atoms with E-state index in [1.165, 1.54) is 11.8 Å². The van der Waals surface area contributed by atoms with Crippen LogP contribution in [0.1, 0.15) is 62.2 Å². The Morgan fingerprint density at radius 2 is 1.84 bits per heavy atom. The van der Waals surface area contributed by atoms with E-state index in [9.17, 15) is 9.59 Å². The van der Waals surface area contributed by atoms with Gasteiger partial charge in [-0.25, -0.2) is 4.98 Å². The molecule has 0 fully saturated rings. The smallest absolute Gasteiger partial charge is 0.267 e. The summed E-state index contributed by atoms with van der Waals surface area (Å²) in [5.41, 5.74) is 8.01. The zero-order chi connectivity index (χ0) is 18.6. The standard InChI is InChI=1S/C19H26N4O2/c1-5-6-16(24)22-18-21-11-15(17(20)25)23(18)12-13-7-9-14(10-8-13)19(2,3)4/h7-11H,5-6,12H2,1-4H3,(H2,20,25)(H,21,22,24). The van der Waals surface area contributed by atoms with Gasteiger partial charge in [0.1, 0.15) is 5.69 Å². The number of nitrogens with two attached hydrogens (primary N) is 1. The van der Waals surface area contributed by atoms with Crippen molar-refractivity contribution in [3.8, 4) is 0 Å². The average Bonchev–Trinajstić information content (AvgIpc) is 2.90. The van der Waals surface area contributed by atoms with Crippen LogP contribution in [-0.2, 0) is 16.8 Å². The quantitative estimate of drug-likeness (QED) is 0.845. The van der Waals surface area contributed by atoms with Gasteiger partial charge in [-0.2, -0.15) is 0 Å². The highest BCUT2D eigenvalue weighted by atomic mass is 16.2. The Labute approximate surface area is 148 Å². The topological polar surface area (TPSA) is 90.0 Å². The SMILES string of the molecule is CCCC(=O)Nc1ncc(C(N)=O)n1Cc1ccc(C(C)(C)C)cc1. The van der Waals surface area contributed by atoms with E-state index in [-0.39, 0.29) is 17.0 Å². The van der Waals surface area contributed by atoms with Crippen LogP contribution in [0.15, 0.2) is 30.5 Å². The molecule has 0 bridgehead atoms. The first-order valence-corrected chi connectivity index (χ1v) is 8.47. The number of amides is 2. The van der Waals surface area contributed by atoms with Crippen molar-refractivity contribution in [3.63, 3.8) is 0 Å². The lowest BCUT2D eigenvalue weighted by molar-refractivity contribution is -0.116. The summed E-state index contributed by atoms with van der Waals surface area (Å²) < 4.78 is 1.64. The number of carbonyl (C=O) groups is 2. The lowest BCUT2D eigenvalue weighted by Gasteiger charge is -2.19. The molecule has 0 atom stereocenters. The molecule has 0 aliphatic carbocycles. The molecule has 1 heterocycles. The van der Waals surface area contributed by atoms with Crippen LogP contribution in [0.3, 0.4) is 0 Å². The summed E-state index contributed by atoms with van der Waals surface area (Å²) >= 11 is 0. The molecular weight excluding hydrogens is 316 g/mol. The number of primary amides is 1. The summed E-state index contributed by atoms with van der Waals surface area (Å²) in [6, 6.07) is 8.18. The molecule has 6 heteroatoms. The highest BCUT2D eigenvalue weighted by Gasteiger charge is 2.17. The maximum atomic E-state index is 11.9. The van der Waals surface area contributed by atoms with Crippen molar-refractivity contribution in [1.82, 2.24) is 9.55 Å². The van der Waals surface area contributed by atoms with Crippen LogP contribution in [0.25, 0.3) is 0 Å². The number of carbonyl (C=O) groups excluding carboxylic acids is 2. The summed E-state index contributed by atoms with van der Waals surface area (Å²) in [4.78, 5) is 27.7. The third-order valence-corrected chi connectivity index (χ3v) is 4.00. The molecule has 0 aliphatic rings. The number of hydrogen-bond donors (Lipinski definition) is 2. The Morgan fingerprint density at radius 1 is 1.20 bits per heavy atom. The second kappa shape index (κ2) is 7.51. The fraction of sp³-hybridized carbons (Fsp3) is 0.421. The Hall–Kier alpha value is -2.63. The molecule has 0 saturated carbocycles. The second-order valence-electron chi connectivity index (χ2n) is 7.16. The monoisotopic (exact) mass is 342 g/mol. The molecule has 6 nitrogen and oxygen atoms in total. The number of nitrogens with zero attached hydrogens (tertiary/aromatic N) is 2. The van der Waals surface area contributed by atoms with Crippen LogP contribution in [-0.4, -0.2) is 21.4 Å². The van der Waals surface area contributed by atoms with E-state index in [2.05, 4.69) is 43.2 Å². The molecule has 134 valence electrons. The van der Waals surface area contributed by atoms with Crippen LogP contribution in [0.5, 0.6) is 0 Å². The summed E-state index contributed by atoms with van der Waals surface area (Å²) in [6.45, 7) is 8.81. The molecule has 1 aromatic heterocycles. The van der Waals surface area contributed by atoms with E-state index < -0.39 is 5.91 Å². The molecule has 2 amide bonds. The minimum Gasteiger partial charge on any atom is -0.364 e. The van der Waals surface area contributed by atoms with Gasteiger partial charge in [-0.15, -0.1) is 0 Å². The predicted octanol–water partition coefficient (Wildman–Crippen LogP) is 3.07. The van der Waals surface area contributed by atoms with E-state index in [1.807, 2.05) is 19.1 Å². The molecule has 0 unspecified atom stereocenters. The average molecular weight is 342 g/mol. The molecule has 1 aromatic carbocycles. The number of rotatable bonds is 6. The van der Waals surface area contributed by atoms with E-state index in [4.69, 9.17) is 5.73 Å². The summed E-state index contributed by atoms with van der Waals surface area (Å²) in [5, 5.41) is 2.75. The van der Waals surface area contributed by atoms with Gasteiger partial charge in [-0.3, -0.25) is 14.9 Å². The Bertz CT molecular complexity index is 755. The van der Waals surface area contributed by atoms with E-state index >= 15 is 0 Å². The van der Waals surface area contributed by atoms with Gasteiger partial charge in [0.15, 0.2) is 0 Å². The predicted molar refractivity (Wildman–Crippen MR) is 98.5 cm³/mol. The highest BCUT2D eigenvalue weighted by Crippen LogP contribution is 2.23. The first-order chi connectivity index (χ1) is 11.7. The molecule has 0 saturated heterocycles. The number of benzene rings is 1. The molecule has 2 rings (SSSR count). The third-order valence-electron chi connectivity index (χ3n) is 4.00. The van der Waals surface area contributed by atoms with E-state index in [0.717, 1.165) is 12.0 Å². The zero-order valence-electron chi connectivity index (χ0n) is 15.3. The Balaban J connectivity index is 2.29. The number of hydrogen-bond acceptors (Lipinski definition) is 3. The van der Waals surface area contributed by atoms with Gasteiger partial charge in [-0.05, 0) is 23.0 Å². The van der Waals surface area contributed by atoms with E-state index in [1.54, 1.807) is 4.57 Å². The van der Waals surface area contributed by atoms with Crippen molar-refractivity contribution in [2.45, 2.75) is 52.5 Å². The van der Waals surface area contributed by atoms with Crippen LogP contribution >= 0.6 is 0 Å². The van der Waals surface area contributed by atoms with Crippen molar-refractivity contribution in [3.05, 3.63) is 47.3 Å². The van der Waals surface area contributed by atoms with Crippen LogP contribution < -0.4 is 11.1 Å².